The fraction of sp³-hybridized carbons (Fsp3) is 0.273. The van der Waals surface area contributed by atoms with Crippen molar-refractivity contribution in [1.29, 1.82) is 0 Å². The summed E-state index contributed by atoms with van der Waals surface area (Å²) in [6, 6.07) is 12.1. The second-order valence-corrected chi connectivity index (χ2v) is 8.60. The van der Waals surface area contributed by atoms with E-state index in [9.17, 15) is 27.5 Å². The average molecular weight is 497 g/mol. The zero-order chi connectivity index (χ0) is 24.5. The van der Waals surface area contributed by atoms with Gasteiger partial charge in [-0.3, -0.25) is 4.57 Å². The Bertz CT molecular complexity index is 1260. The van der Waals surface area contributed by atoms with Gasteiger partial charge in [-0.2, -0.15) is 22.6 Å². The van der Waals surface area contributed by atoms with E-state index in [1.165, 1.54) is 15.5 Å². The molecule has 0 spiro atoms. The molecule has 0 fully saturated rings. The number of hydrogen-bond acceptors (Lipinski definition) is 5. The van der Waals surface area contributed by atoms with Crippen LogP contribution in [0.15, 0.2) is 59.7 Å². The van der Waals surface area contributed by atoms with E-state index in [1.807, 2.05) is 30.3 Å². The van der Waals surface area contributed by atoms with Gasteiger partial charge in [0.05, 0.1) is 12.3 Å². The van der Waals surface area contributed by atoms with E-state index >= 15 is 0 Å². The van der Waals surface area contributed by atoms with Crippen LogP contribution >= 0.6 is 11.3 Å². The molecule has 34 heavy (non-hydrogen) atoms. The van der Waals surface area contributed by atoms with Crippen LogP contribution in [0.5, 0.6) is 11.5 Å². The van der Waals surface area contributed by atoms with Gasteiger partial charge in [0.15, 0.2) is 16.3 Å². The highest BCUT2D eigenvalue weighted by Crippen LogP contribution is 2.47. The van der Waals surface area contributed by atoms with Crippen LogP contribution in [0.1, 0.15) is 10.4 Å². The fourth-order valence-electron chi connectivity index (χ4n) is 3.24. The molecule has 0 aliphatic carbocycles. The van der Waals surface area contributed by atoms with Crippen LogP contribution in [-0.2, 0) is 6.54 Å². The number of alkyl halides is 4. The number of aryl methyl sites for hydroxylation is 1. The molecule has 180 valence electrons. The number of rotatable bonds is 5. The number of fused-ring (bicyclic) bond motifs is 1. The molecule has 0 saturated heterocycles. The lowest BCUT2D eigenvalue weighted by Crippen LogP contribution is -2.52. The van der Waals surface area contributed by atoms with Gasteiger partial charge in [0.25, 0.3) is 0 Å². The van der Waals surface area contributed by atoms with Crippen LogP contribution in [0.3, 0.4) is 0 Å². The summed E-state index contributed by atoms with van der Waals surface area (Å²) < 4.78 is 63.8. The van der Waals surface area contributed by atoms with Crippen molar-refractivity contribution in [3.8, 4) is 17.2 Å². The van der Waals surface area contributed by atoms with Crippen LogP contribution in [0.4, 0.5) is 22.4 Å². The fourth-order valence-corrected chi connectivity index (χ4v) is 4.07. The van der Waals surface area contributed by atoms with Crippen LogP contribution < -0.4 is 14.3 Å². The predicted octanol–water partition coefficient (Wildman–Crippen LogP) is 4.32. The Kier molecular flexibility index (Phi) is 6.36. The first kappa shape index (κ1) is 23.8. The van der Waals surface area contributed by atoms with E-state index in [0.29, 0.717) is 0 Å². The molecular formula is C22H19F4N3O4S. The molecule has 7 nitrogen and oxygen atoms in total. The highest BCUT2D eigenvalue weighted by molar-refractivity contribution is 7.09. The number of hydrogen-bond donors (Lipinski definition) is 1. The minimum Gasteiger partial charge on any atom is -0.421 e. The van der Waals surface area contributed by atoms with E-state index in [2.05, 4.69) is 14.5 Å². The molecule has 4 rings (SSSR count). The van der Waals surface area contributed by atoms with Gasteiger partial charge in [-0.15, -0.1) is 11.3 Å². The quantitative estimate of drug-likeness (QED) is 0.533. The maximum atomic E-state index is 13.6. The highest BCUT2D eigenvalue weighted by Gasteiger charge is 2.65. The number of amides is 2. The summed E-state index contributed by atoms with van der Waals surface area (Å²) in [5, 5.41) is 9.38. The van der Waals surface area contributed by atoms with Crippen molar-refractivity contribution in [2.45, 2.75) is 25.7 Å². The lowest BCUT2D eigenvalue weighted by Gasteiger charge is -2.31. The standard InChI is InChI=1S/C22H19F4N3O4S/c1-14-12-29(16-7-8-17-18(11-16)33-22(25,26)21(23,24)32-17)20(34-14)27-19(31)28(9-10-30)13-15-5-3-2-4-6-15/h2-8,11-12,30H,9-10,13H2,1H3/b27-20-. The third-order valence-corrected chi connectivity index (χ3v) is 5.74. The molecule has 1 aromatic heterocycles. The third kappa shape index (κ3) is 4.77. The maximum Gasteiger partial charge on any atom is 0.507 e. The van der Waals surface area contributed by atoms with Gasteiger partial charge in [-0.05, 0) is 24.6 Å². The largest absolute Gasteiger partial charge is 0.507 e. The minimum absolute atomic E-state index is 0.0505. The Labute approximate surface area is 195 Å². The number of nitrogens with zero attached hydrogens (tertiary/aromatic N) is 3. The molecule has 0 saturated carbocycles. The molecule has 0 radical (unpaired) electrons. The zero-order valence-electron chi connectivity index (χ0n) is 17.8. The monoisotopic (exact) mass is 497 g/mol. The molecule has 2 amide bonds. The summed E-state index contributed by atoms with van der Waals surface area (Å²) in [5.74, 6) is -1.12. The Morgan fingerprint density at radius 3 is 2.44 bits per heavy atom. The first-order chi connectivity index (χ1) is 16.1. The lowest BCUT2D eigenvalue weighted by atomic mass is 10.2. The molecule has 3 aromatic rings. The summed E-state index contributed by atoms with van der Waals surface area (Å²) in [6.45, 7) is 1.77. The van der Waals surface area contributed by atoms with Gasteiger partial charge >= 0.3 is 18.2 Å². The number of aliphatic hydroxyl groups excluding tert-OH is 1. The molecule has 0 atom stereocenters. The van der Waals surface area contributed by atoms with E-state index in [0.717, 1.165) is 33.9 Å². The van der Waals surface area contributed by atoms with Gasteiger partial charge in [-0.25, -0.2) is 4.79 Å². The van der Waals surface area contributed by atoms with Gasteiger partial charge in [0.2, 0.25) is 0 Å². The van der Waals surface area contributed by atoms with Crippen LogP contribution in [0.2, 0.25) is 0 Å². The van der Waals surface area contributed by atoms with Gasteiger partial charge in [0.1, 0.15) is 0 Å². The Morgan fingerprint density at radius 2 is 1.76 bits per heavy atom. The van der Waals surface area contributed by atoms with E-state index < -0.39 is 29.7 Å². The van der Waals surface area contributed by atoms with Gasteiger partial charge in [0, 0.05) is 30.2 Å². The first-order valence-electron chi connectivity index (χ1n) is 10.1. The van der Waals surface area contributed by atoms with E-state index in [1.54, 1.807) is 13.1 Å². The Balaban J connectivity index is 1.67. The van der Waals surface area contributed by atoms with E-state index in [-0.39, 0.29) is 30.2 Å². The summed E-state index contributed by atoms with van der Waals surface area (Å²) in [6.07, 6.45) is -8.04. The normalized spacial score (nSPS) is 16.4. The molecule has 1 N–H and O–H groups in total. The average Bonchev–Trinajstić information content (AvgIpc) is 3.14. The lowest BCUT2D eigenvalue weighted by molar-refractivity contribution is -0.391. The van der Waals surface area contributed by atoms with Crippen molar-refractivity contribution in [3.63, 3.8) is 0 Å². The molecule has 2 aromatic carbocycles. The van der Waals surface area contributed by atoms with Crippen LogP contribution in [0, 0.1) is 6.92 Å². The van der Waals surface area contributed by atoms with Crippen molar-refractivity contribution < 1.29 is 36.9 Å². The number of urea groups is 1. The Morgan fingerprint density at radius 1 is 1.09 bits per heavy atom. The second-order valence-electron chi connectivity index (χ2n) is 7.39. The number of aromatic nitrogens is 1. The first-order valence-corrected chi connectivity index (χ1v) is 10.9. The molecular weight excluding hydrogens is 478 g/mol. The van der Waals surface area contributed by atoms with Crippen molar-refractivity contribution in [2.24, 2.45) is 4.99 Å². The Hall–Kier alpha value is -3.38. The number of ether oxygens (including phenoxy) is 2. The predicted molar refractivity (Wildman–Crippen MR) is 114 cm³/mol. The number of aliphatic hydroxyl groups is 1. The number of benzene rings is 2. The maximum absolute atomic E-state index is 13.6. The van der Waals surface area contributed by atoms with Gasteiger partial charge in [-0.1, -0.05) is 30.3 Å². The van der Waals surface area contributed by atoms with Crippen molar-refractivity contribution in [2.75, 3.05) is 13.2 Å². The molecule has 2 heterocycles. The van der Waals surface area contributed by atoms with Gasteiger partial charge < -0.3 is 19.5 Å². The third-order valence-electron chi connectivity index (χ3n) is 4.84. The summed E-state index contributed by atoms with van der Waals surface area (Å²) in [7, 11) is 0. The summed E-state index contributed by atoms with van der Waals surface area (Å²) in [5.41, 5.74) is 1.09. The van der Waals surface area contributed by atoms with Crippen molar-refractivity contribution in [1.82, 2.24) is 9.47 Å². The molecule has 12 heteroatoms. The summed E-state index contributed by atoms with van der Waals surface area (Å²) in [4.78, 5) is 19.4. The number of thiazole rings is 1. The zero-order valence-corrected chi connectivity index (χ0v) is 18.6. The number of halogens is 4. The van der Waals surface area contributed by atoms with Crippen molar-refractivity contribution in [3.05, 3.63) is 70.0 Å². The number of carbonyl (C=O) groups excluding carboxylic acids is 1. The number of carbonyl (C=O) groups is 1. The second kappa shape index (κ2) is 9.11. The van der Waals surface area contributed by atoms with E-state index in [4.69, 9.17) is 0 Å². The smallest absolute Gasteiger partial charge is 0.421 e. The molecule has 1 aliphatic heterocycles. The molecule has 1 aliphatic rings. The summed E-state index contributed by atoms with van der Waals surface area (Å²) >= 11 is 1.16. The minimum atomic E-state index is -4.85. The highest BCUT2D eigenvalue weighted by atomic mass is 32.1. The molecule has 0 unspecified atom stereocenters. The SMILES string of the molecule is Cc1cn(-c2ccc3c(c2)OC(F)(F)C(F)(F)O3)/c(=N/C(=O)N(CCO)Cc2ccccc2)s1. The van der Waals surface area contributed by atoms with Crippen molar-refractivity contribution >= 4 is 17.4 Å². The molecule has 0 bridgehead atoms. The topological polar surface area (TPSA) is 76.3 Å². The van der Waals surface area contributed by atoms with Crippen LogP contribution in [-0.4, -0.2) is 46.0 Å². The van der Waals surface area contributed by atoms with Crippen LogP contribution in [0.25, 0.3) is 5.69 Å².